The van der Waals surface area contributed by atoms with Crippen molar-refractivity contribution in [2.24, 2.45) is 7.05 Å². The molecule has 0 atom stereocenters. The van der Waals surface area contributed by atoms with Gasteiger partial charge in [0, 0.05) is 24.7 Å². The van der Waals surface area contributed by atoms with Crippen LogP contribution in [0.3, 0.4) is 0 Å². The molecule has 1 saturated carbocycles. The second-order valence-electron chi connectivity index (χ2n) is 5.29. The summed E-state index contributed by atoms with van der Waals surface area (Å²) in [6.45, 7) is 2.56. The minimum atomic E-state index is 0.479. The Hall–Kier alpha value is -2.22. The first-order chi connectivity index (χ1) is 9.65. The van der Waals surface area contributed by atoms with Crippen molar-refractivity contribution in [3.63, 3.8) is 0 Å². The van der Waals surface area contributed by atoms with Crippen LogP contribution in [-0.4, -0.2) is 19.3 Å². The van der Waals surface area contributed by atoms with Gasteiger partial charge in [-0.2, -0.15) is 5.10 Å². The summed E-state index contributed by atoms with van der Waals surface area (Å²) in [4.78, 5) is 4.77. The standard InChI is InChI=1S/C15H19N5/c1-4-8-20-14(16)13(17-15(20)10-6-7-10)11-9-19(3)18-12(11)5-2/h1,9-10H,5-8,16H2,2-3H3. The van der Waals surface area contributed by atoms with E-state index in [-0.39, 0.29) is 0 Å². The second-order valence-corrected chi connectivity index (χ2v) is 5.29. The predicted octanol–water partition coefficient (Wildman–Crippen LogP) is 1.94. The summed E-state index contributed by atoms with van der Waals surface area (Å²) in [6.07, 6.45) is 10.6. The van der Waals surface area contributed by atoms with Crippen molar-refractivity contribution in [3.8, 4) is 23.6 Å². The normalized spacial score (nSPS) is 14.4. The summed E-state index contributed by atoms with van der Waals surface area (Å²) in [7, 11) is 1.92. The van der Waals surface area contributed by atoms with Gasteiger partial charge in [-0.05, 0) is 19.3 Å². The van der Waals surface area contributed by atoms with E-state index in [9.17, 15) is 0 Å². The van der Waals surface area contributed by atoms with Crippen molar-refractivity contribution < 1.29 is 0 Å². The third kappa shape index (κ3) is 1.97. The molecule has 5 heteroatoms. The van der Waals surface area contributed by atoms with Crippen molar-refractivity contribution in [1.29, 1.82) is 0 Å². The van der Waals surface area contributed by atoms with E-state index in [2.05, 4.69) is 17.9 Å². The number of imidazole rings is 1. The quantitative estimate of drug-likeness (QED) is 0.863. The molecule has 1 fully saturated rings. The van der Waals surface area contributed by atoms with Gasteiger partial charge in [-0.15, -0.1) is 6.42 Å². The first kappa shape index (κ1) is 12.8. The third-order valence-corrected chi connectivity index (χ3v) is 3.72. The Kier molecular flexibility index (Phi) is 3.01. The Morgan fingerprint density at radius 2 is 2.25 bits per heavy atom. The zero-order chi connectivity index (χ0) is 14.3. The van der Waals surface area contributed by atoms with E-state index in [0.717, 1.165) is 29.2 Å². The largest absolute Gasteiger partial charge is 0.383 e. The van der Waals surface area contributed by atoms with Crippen LogP contribution in [0.1, 0.15) is 37.2 Å². The summed E-state index contributed by atoms with van der Waals surface area (Å²) < 4.78 is 3.78. The molecule has 3 rings (SSSR count). The zero-order valence-corrected chi connectivity index (χ0v) is 11.9. The van der Waals surface area contributed by atoms with Gasteiger partial charge in [-0.25, -0.2) is 4.98 Å². The second kappa shape index (κ2) is 4.71. The lowest BCUT2D eigenvalue weighted by atomic mass is 10.1. The lowest BCUT2D eigenvalue weighted by Gasteiger charge is -2.04. The molecule has 0 saturated heterocycles. The molecule has 0 amide bonds. The first-order valence-electron chi connectivity index (χ1n) is 6.98. The monoisotopic (exact) mass is 269 g/mol. The SMILES string of the molecule is C#CCn1c(C2CC2)nc(-c2cn(C)nc2CC)c1N. The van der Waals surface area contributed by atoms with E-state index < -0.39 is 0 Å². The Labute approximate surface area is 118 Å². The van der Waals surface area contributed by atoms with E-state index in [4.69, 9.17) is 17.1 Å². The molecule has 0 bridgehead atoms. The molecule has 2 N–H and O–H groups in total. The molecule has 20 heavy (non-hydrogen) atoms. The first-order valence-corrected chi connectivity index (χ1v) is 6.98. The Morgan fingerprint density at radius 3 is 2.85 bits per heavy atom. The average molecular weight is 269 g/mol. The highest BCUT2D eigenvalue weighted by Crippen LogP contribution is 2.42. The topological polar surface area (TPSA) is 61.7 Å². The van der Waals surface area contributed by atoms with E-state index in [1.807, 2.05) is 22.5 Å². The maximum absolute atomic E-state index is 6.29. The highest BCUT2D eigenvalue weighted by Gasteiger charge is 2.31. The highest BCUT2D eigenvalue weighted by molar-refractivity contribution is 5.72. The minimum absolute atomic E-state index is 0.479. The number of terminal acetylenes is 1. The summed E-state index contributed by atoms with van der Waals surface area (Å²) in [6, 6.07) is 0. The van der Waals surface area contributed by atoms with Crippen molar-refractivity contribution in [3.05, 3.63) is 17.7 Å². The molecule has 0 radical (unpaired) electrons. The molecule has 2 heterocycles. The van der Waals surface area contributed by atoms with Crippen molar-refractivity contribution in [1.82, 2.24) is 19.3 Å². The number of aromatic nitrogens is 4. The molecule has 0 aliphatic heterocycles. The van der Waals surface area contributed by atoms with Crippen LogP contribution in [0.25, 0.3) is 11.3 Å². The number of nitrogens with two attached hydrogens (primary N) is 1. The molecule has 5 nitrogen and oxygen atoms in total. The van der Waals surface area contributed by atoms with Crippen LogP contribution in [0, 0.1) is 12.3 Å². The lowest BCUT2D eigenvalue weighted by molar-refractivity contribution is 0.746. The number of nitrogen functional groups attached to an aromatic ring is 1. The smallest absolute Gasteiger partial charge is 0.132 e. The van der Waals surface area contributed by atoms with Crippen molar-refractivity contribution in [2.75, 3.05) is 5.73 Å². The number of rotatable bonds is 4. The lowest BCUT2D eigenvalue weighted by Crippen LogP contribution is -2.05. The minimum Gasteiger partial charge on any atom is -0.383 e. The molecular formula is C15H19N5. The molecule has 2 aromatic rings. The number of nitrogens with zero attached hydrogens (tertiary/aromatic N) is 4. The Bertz CT molecular complexity index is 682. The fourth-order valence-corrected chi connectivity index (χ4v) is 2.59. The molecule has 1 aliphatic carbocycles. The number of hydrogen-bond acceptors (Lipinski definition) is 3. The molecule has 0 unspecified atom stereocenters. The van der Waals surface area contributed by atoms with Gasteiger partial charge in [0.1, 0.15) is 17.3 Å². The van der Waals surface area contributed by atoms with E-state index in [1.54, 1.807) is 0 Å². The third-order valence-electron chi connectivity index (χ3n) is 3.72. The van der Waals surface area contributed by atoms with E-state index >= 15 is 0 Å². The number of hydrogen-bond donors (Lipinski definition) is 1. The highest BCUT2D eigenvalue weighted by atomic mass is 15.3. The van der Waals surface area contributed by atoms with Crippen LogP contribution >= 0.6 is 0 Å². The maximum Gasteiger partial charge on any atom is 0.132 e. The van der Waals surface area contributed by atoms with Crippen LogP contribution < -0.4 is 5.73 Å². The van der Waals surface area contributed by atoms with Gasteiger partial charge < -0.3 is 10.3 Å². The van der Waals surface area contributed by atoms with Crippen molar-refractivity contribution in [2.45, 2.75) is 38.6 Å². The molecule has 0 aromatic carbocycles. The van der Waals surface area contributed by atoms with Gasteiger partial charge in [0.25, 0.3) is 0 Å². The average Bonchev–Trinajstić information content (AvgIpc) is 3.13. The van der Waals surface area contributed by atoms with Crippen LogP contribution in [-0.2, 0) is 20.0 Å². The molecule has 2 aromatic heterocycles. The van der Waals surface area contributed by atoms with Gasteiger partial charge in [0.2, 0.25) is 0 Å². The summed E-state index contributed by atoms with van der Waals surface area (Å²) in [5, 5.41) is 4.46. The number of anilines is 1. The fraction of sp³-hybridized carbons (Fsp3) is 0.467. The van der Waals surface area contributed by atoms with Crippen molar-refractivity contribution >= 4 is 5.82 Å². The van der Waals surface area contributed by atoms with Gasteiger partial charge in [-0.1, -0.05) is 12.8 Å². The van der Waals surface area contributed by atoms with Crippen LogP contribution in [0.5, 0.6) is 0 Å². The summed E-state index contributed by atoms with van der Waals surface area (Å²) in [5.74, 6) is 4.87. The maximum atomic E-state index is 6.29. The zero-order valence-electron chi connectivity index (χ0n) is 11.9. The van der Waals surface area contributed by atoms with E-state index in [0.29, 0.717) is 18.3 Å². The van der Waals surface area contributed by atoms with Crippen LogP contribution in [0.2, 0.25) is 0 Å². The van der Waals surface area contributed by atoms with Gasteiger partial charge in [-0.3, -0.25) is 4.68 Å². The van der Waals surface area contributed by atoms with Crippen LogP contribution in [0.15, 0.2) is 6.20 Å². The summed E-state index contributed by atoms with van der Waals surface area (Å²) in [5.41, 5.74) is 9.15. The summed E-state index contributed by atoms with van der Waals surface area (Å²) >= 11 is 0. The molecular weight excluding hydrogens is 250 g/mol. The predicted molar refractivity (Wildman–Crippen MR) is 79.0 cm³/mol. The Morgan fingerprint density at radius 1 is 1.50 bits per heavy atom. The fourth-order valence-electron chi connectivity index (χ4n) is 2.59. The molecule has 1 aliphatic rings. The van der Waals surface area contributed by atoms with Gasteiger partial charge >= 0.3 is 0 Å². The number of aryl methyl sites for hydroxylation is 2. The van der Waals surface area contributed by atoms with E-state index in [1.165, 1.54) is 12.8 Å². The van der Waals surface area contributed by atoms with Crippen LogP contribution in [0.4, 0.5) is 5.82 Å². The van der Waals surface area contributed by atoms with Gasteiger partial charge in [0.05, 0.1) is 12.2 Å². The molecule has 0 spiro atoms. The Balaban J connectivity index is 2.14. The molecule has 104 valence electrons. The van der Waals surface area contributed by atoms with Gasteiger partial charge in [0.15, 0.2) is 0 Å².